The van der Waals surface area contributed by atoms with Crippen molar-refractivity contribution in [2.24, 2.45) is 5.92 Å². The van der Waals surface area contributed by atoms with Gasteiger partial charge in [-0.05, 0) is 50.7 Å². The fraction of sp³-hybridized carbons (Fsp3) is 0.458. The van der Waals surface area contributed by atoms with Crippen molar-refractivity contribution < 1.29 is 23.5 Å². The molecule has 34 heavy (non-hydrogen) atoms. The summed E-state index contributed by atoms with van der Waals surface area (Å²) in [6.45, 7) is 3.20. The maximum absolute atomic E-state index is 14.3. The number of hydrogen-bond acceptors (Lipinski definition) is 7. The lowest BCUT2D eigenvalue weighted by atomic mass is 9.89. The van der Waals surface area contributed by atoms with Crippen molar-refractivity contribution in [1.82, 2.24) is 20.6 Å². The predicted molar refractivity (Wildman–Crippen MR) is 122 cm³/mol. The summed E-state index contributed by atoms with van der Waals surface area (Å²) in [5.74, 6) is -1.65. The molecule has 10 heteroatoms. The highest BCUT2D eigenvalue weighted by Gasteiger charge is 2.51. The number of esters is 1. The number of ether oxygens (including phenoxy) is 1. The first-order valence-electron chi connectivity index (χ1n) is 11.3. The lowest BCUT2D eigenvalue weighted by Crippen LogP contribution is -2.53. The van der Waals surface area contributed by atoms with Gasteiger partial charge >= 0.3 is 5.97 Å². The zero-order valence-electron chi connectivity index (χ0n) is 19.2. The number of halogens is 1. The van der Waals surface area contributed by atoms with E-state index in [1.54, 1.807) is 12.1 Å². The summed E-state index contributed by atoms with van der Waals surface area (Å²) in [5.41, 5.74) is -0.115. The standard InChI is InChI=1S/C24H28FN5O4/c1-15(28-23(33)24(8-9-24)29-21(31)17-12-26-14-27-13-17)16-6-10-30(11-7-16)19-5-3-4-18(25)20(19)22(32)34-2/h3-5,12-16H,6-11H2,1-2H3,(H,28,33)(H,29,31). The SMILES string of the molecule is COC(=O)c1c(F)cccc1N1CCC(C(C)NC(=O)C2(NC(=O)c3cncnc3)CC2)CC1. The Morgan fingerprint density at radius 2 is 1.85 bits per heavy atom. The van der Waals surface area contributed by atoms with Crippen LogP contribution in [-0.2, 0) is 9.53 Å². The minimum absolute atomic E-state index is 0.0555. The highest BCUT2D eigenvalue weighted by atomic mass is 19.1. The Kier molecular flexibility index (Phi) is 6.76. The van der Waals surface area contributed by atoms with Crippen LogP contribution in [0.15, 0.2) is 36.9 Å². The van der Waals surface area contributed by atoms with Crippen LogP contribution >= 0.6 is 0 Å². The summed E-state index contributed by atoms with van der Waals surface area (Å²) < 4.78 is 19.1. The van der Waals surface area contributed by atoms with Crippen LogP contribution in [0.3, 0.4) is 0 Å². The molecule has 2 N–H and O–H groups in total. The molecule has 9 nitrogen and oxygen atoms in total. The minimum Gasteiger partial charge on any atom is -0.465 e. The molecule has 1 aliphatic heterocycles. The summed E-state index contributed by atoms with van der Waals surface area (Å²) in [7, 11) is 1.23. The number of amides is 2. The van der Waals surface area contributed by atoms with E-state index in [-0.39, 0.29) is 29.3 Å². The number of carbonyl (C=O) groups excluding carboxylic acids is 3. The summed E-state index contributed by atoms with van der Waals surface area (Å²) in [4.78, 5) is 47.2. The van der Waals surface area contributed by atoms with Gasteiger partial charge in [0, 0.05) is 31.5 Å². The Labute approximate surface area is 197 Å². The molecule has 0 spiro atoms. The lowest BCUT2D eigenvalue weighted by molar-refractivity contribution is -0.125. The molecule has 2 aliphatic rings. The summed E-state index contributed by atoms with van der Waals surface area (Å²) in [6.07, 6.45) is 6.86. The highest BCUT2D eigenvalue weighted by Crippen LogP contribution is 2.36. The first-order valence-corrected chi connectivity index (χ1v) is 11.3. The monoisotopic (exact) mass is 469 g/mol. The van der Waals surface area contributed by atoms with Gasteiger partial charge in [-0.3, -0.25) is 9.59 Å². The first-order chi connectivity index (χ1) is 16.3. The Balaban J connectivity index is 1.33. The van der Waals surface area contributed by atoms with Crippen LogP contribution in [0.2, 0.25) is 0 Å². The molecule has 2 aromatic rings. The Morgan fingerprint density at radius 1 is 1.18 bits per heavy atom. The number of hydrogen-bond donors (Lipinski definition) is 2. The van der Waals surface area contributed by atoms with E-state index in [0.717, 1.165) is 12.8 Å². The maximum Gasteiger partial charge on any atom is 0.342 e. The number of anilines is 1. The quantitative estimate of drug-likeness (QED) is 0.597. The van der Waals surface area contributed by atoms with Crippen LogP contribution in [0.1, 0.15) is 53.3 Å². The Hall–Kier alpha value is -3.56. The zero-order chi connectivity index (χ0) is 24.3. The van der Waals surface area contributed by atoms with Gasteiger partial charge in [0.15, 0.2) is 0 Å². The molecular weight excluding hydrogens is 441 g/mol. The second-order valence-corrected chi connectivity index (χ2v) is 8.88. The van der Waals surface area contributed by atoms with Crippen molar-refractivity contribution in [3.63, 3.8) is 0 Å². The van der Waals surface area contributed by atoms with Crippen LogP contribution in [0.4, 0.5) is 10.1 Å². The first kappa shape index (κ1) is 23.6. The Bertz CT molecular complexity index is 1070. The third-order valence-electron chi connectivity index (χ3n) is 6.69. The molecule has 1 saturated carbocycles. The molecule has 1 unspecified atom stereocenters. The number of aromatic nitrogens is 2. The number of methoxy groups -OCH3 is 1. The zero-order valence-corrected chi connectivity index (χ0v) is 19.2. The van der Waals surface area contributed by atoms with E-state index in [2.05, 4.69) is 20.6 Å². The smallest absolute Gasteiger partial charge is 0.342 e. The molecule has 4 rings (SSSR count). The third-order valence-corrected chi connectivity index (χ3v) is 6.69. The van der Waals surface area contributed by atoms with Crippen molar-refractivity contribution in [3.05, 3.63) is 53.9 Å². The molecule has 1 saturated heterocycles. The molecule has 1 aliphatic carbocycles. The lowest BCUT2D eigenvalue weighted by Gasteiger charge is -2.37. The van der Waals surface area contributed by atoms with E-state index in [9.17, 15) is 18.8 Å². The molecule has 0 radical (unpaired) electrons. The molecule has 1 aromatic carbocycles. The van der Waals surface area contributed by atoms with Gasteiger partial charge in [-0.1, -0.05) is 6.07 Å². The highest BCUT2D eigenvalue weighted by molar-refractivity contribution is 6.00. The number of nitrogens with zero attached hydrogens (tertiary/aromatic N) is 3. The molecule has 2 amide bonds. The normalized spacial score (nSPS) is 18.0. The van der Waals surface area contributed by atoms with E-state index in [4.69, 9.17) is 4.74 Å². The largest absolute Gasteiger partial charge is 0.465 e. The van der Waals surface area contributed by atoms with E-state index < -0.39 is 17.3 Å². The molecule has 180 valence electrons. The van der Waals surface area contributed by atoms with Crippen LogP contribution in [0.25, 0.3) is 0 Å². The second-order valence-electron chi connectivity index (χ2n) is 8.88. The van der Waals surface area contributed by atoms with E-state index in [1.165, 1.54) is 31.9 Å². The number of benzene rings is 1. The predicted octanol–water partition coefficient (Wildman–Crippen LogP) is 2.09. The molecule has 1 aromatic heterocycles. The average Bonchev–Trinajstić information content (AvgIpc) is 3.64. The molecular formula is C24H28FN5O4. The minimum atomic E-state index is -0.890. The van der Waals surface area contributed by atoms with Gasteiger partial charge in [0.1, 0.15) is 23.2 Å². The fourth-order valence-electron chi connectivity index (χ4n) is 4.42. The average molecular weight is 470 g/mol. The molecule has 1 atom stereocenters. The van der Waals surface area contributed by atoms with Crippen molar-refractivity contribution in [2.75, 3.05) is 25.1 Å². The Morgan fingerprint density at radius 3 is 2.47 bits per heavy atom. The number of rotatable bonds is 7. The topological polar surface area (TPSA) is 114 Å². The molecule has 0 bridgehead atoms. The fourth-order valence-corrected chi connectivity index (χ4v) is 4.42. The van der Waals surface area contributed by atoms with Gasteiger partial charge in [0.25, 0.3) is 5.91 Å². The summed E-state index contributed by atoms with van der Waals surface area (Å²) in [6, 6.07) is 4.45. The van der Waals surface area contributed by atoms with Gasteiger partial charge < -0.3 is 20.3 Å². The van der Waals surface area contributed by atoms with Crippen molar-refractivity contribution in [2.45, 2.75) is 44.2 Å². The van der Waals surface area contributed by atoms with Crippen molar-refractivity contribution >= 4 is 23.5 Å². The van der Waals surface area contributed by atoms with E-state index in [1.807, 2.05) is 11.8 Å². The van der Waals surface area contributed by atoms with E-state index in [0.29, 0.717) is 37.2 Å². The number of carbonyl (C=O) groups is 3. The van der Waals surface area contributed by atoms with Crippen LogP contribution < -0.4 is 15.5 Å². The van der Waals surface area contributed by atoms with Crippen molar-refractivity contribution in [1.29, 1.82) is 0 Å². The number of piperidine rings is 1. The van der Waals surface area contributed by atoms with Crippen molar-refractivity contribution in [3.8, 4) is 0 Å². The van der Waals surface area contributed by atoms with Gasteiger partial charge in [0.05, 0.1) is 18.4 Å². The summed E-state index contributed by atoms with van der Waals surface area (Å²) in [5, 5.41) is 5.90. The van der Waals surface area contributed by atoms with Crippen LogP contribution in [0.5, 0.6) is 0 Å². The molecule has 2 heterocycles. The maximum atomic E-state index is 14.3. The van der Waals surface area contributed by atoms with Gasteiger partial charge in [-0.2, -0.15) is 0 Å². The molecule has 2 fully saturated rings. The van der Waals surface area contributed by atoms with Crippen LogP contribution in [0, 0.1) is 11.7 Å². The van der Waals surface area contributed by atoms with Crippen LogP contribution in [-0.4, -0.2) is 59.5 Å². The summed E-state index contributed by atoms with van der Waals surface area (Å²) >= 11 is 0. The van der Waals surface area contributed by atoms with E-state index >= 15 is 0 Å². The number of nitrogens with one attached hydrogen (secondary N) is 2. The second kappa shape index (κ2) is 9.74. The third kappa shape index (κ3) is 4.85. The van der Waals surface area contributed by atoms with Gasteiger partial charge in [-0.25, -0.2) is 19.2 Å². The van der Waals surface area contributed by atoms with Gasteiger partial charge in [0.2, 0.25) is 5.91 Å². The van der Waals surface area contributed by atoms with Gasteiger partial charge in [-0.15, -0.1) is 0 Å².